The molecule has 1 aliphatic heterocycles. The number of hydrogen-bond donors (Lipinski definition) is 0. The van der Waals surface area contributed by atoms with E-state index in [1.54, 1.807) is 0 Å². The van der Waals surface area contributed by atoms with Crippen molar-refractivity contribution in [1.82, 2.24) is 9.80 Å². The Morgan fingerprint density at radius 1 is 1.00 bits per heavy atom. The van der Waals surface area contributed by atoms with E-state index < -0.39 is 0 Å². The smallest absolute Gasteiger partial charge is 0.254 e. The molecule has 0 N–H and O–H groups in total. The fraction of sp³-hybridized carbons (Fsp3) is 0.316. The molecule has 3 rings (SSSR count). The van der Waals surface area contributed by atoms with E-state index in [0.717, 1.165) is 37.5 Å². The van der Waals surface area contributed by atoms with Crippen LogP contribution in [0.2, 0.25) is 0 Å². The first-order valence-electron chi connectivity index (χ1n) is 7.97. The quantitative estimate of drug-likeness (QED) is 0.870. The van der Waals surface area contributed by atoms with Gasteiger partial charge in [0, 0.05) is 31.7 Å². The third kappa shape index (κ3) is 4.11. The zero-order valence-corrected chi connectivity index (χ0v) is 13.4. The van der Waals surface area contributed by atoms with Crippen molar-refractivity contribution in [3.8, 4) is 5.75 Å². The second-order valence-electron chi connectivity index (χ2n) is 5.90. The lowest BCUT2D eigenvalue weighted by Crippen LogP contribution is -2.47. The summed E-state index contributed by atoms with van der Waals surface area (Å²) in [6, 6.07) is 17.5. The summed E-state index contributed by atoms with van der Waals surface area (Å²) in [5.74, 6) is 0.817. The molecule has 2 aromatic rings. The third-order valence-electron chi connectivity index (χ3n) is 4.12. The Bertz CT molecular complexity index is 649. The highest BCUT2D eigenvalue weighted by Gasteiger charge is 2.20. The van der Waals surface area contributed by atoms with Crippen LogP contribution in [0.3, 0.4) is 0 Å². The SMILES string of the molecule is CN1CCN(C(=O)c2cccc(OCc3ccccc3)c2)CC1. The van der Waals surface area contributed by atoms with Gasteiger partial charge in [0.2, 0.25) is 0 Å². The van der Waals surface area contributed by atoms with Crippen molar-refractivity contribution < 1.29 is 9.53 Å². The molecular formula is C19H22N2O2. The van der Waals surface area contributed by atoms with Gasteiger partial charge in [-0.25, -0.2) is 0 Å². The number of nitrogens with zero attached hydrogens (tertiary/aromatic N) is 2. The third-order valence-corrected chi connectivity index (χ3v) is 4.12. The maximum Gasteiger partial charge on any atom is 0.254 e. The van der Waals surface area contributed by atoms with E-state index in [0.29, 0.717) is 12.2 Å². The molecule has 1 aliphatic rings. The summed E-state index contributed by atoms with van der Waals surface area (Å²) in [4.78, 5) is 16.7. The van der Waals surface area contributed by atoms with Crippen LogP contribution in [0.5, 0.6) is 5.75 Å². The van der Waals surface area contributed by atoms with E-state index in [1.807, 2.05) is 59.5 Å². The number of likely N-dealkylation sites (N-methyl/N-ethyl adjacent to an activating group) is 1. The average Bonchev–Trinajstić information content (AvgIpc) is 2.61. The molecule has 1 saturated heterocycles. The Labute approximate surface area is 137 Å². The lowest BCUT2D eigenvalue weighted by Gasteiger charge is -2.32. The van der Waals surface area contributed by atoms with Gasteiger partial charge in [0.05, 0.1) is 0 Å². The highest BCUT2D eigenvalue weighted by atomic mass is 16.5. The summed E-state index contributed by atoms with van der Waals surface area (Å²) in [5, 5.41) is 0. The molecule has 4 nitrogen and oxygen atoms in total. The number of amides is 1. The first-order chi connectivity index (χ1) is 11.2. The molecule has 4 heteroatoms. The van der Waals surface area contributed by atoms with E-state index >= 15 is 0 Å². The monoisotopic (exact) mass is 310 g/mol. The van der Waals surface area contributed by atoms with Crippen molar-refractivity contribution >= 4 is 5.91 Å². The minimum absolute atomic E-state index is 0.0864. The number of piperazine rings is 1. The van der Waals surface area contributed by atoms with Gasteiger partial charge in [0.15, 0.2) is 0 Å². The summed E-state index contributed by atoms with van der Waals surface area (Å²) in [6.07, 6.45) is 0. The number of benzene rings is 2. The Hall–Kier alpha value is -2.33. The minimum atomic E-state index is 0.0864. The van der Waals surface area contributed by atoms with Gasteiger partial charge < -0.3 is 14.5 Å². The summed E-state index contributed by atoms with van der Waals surface area (Å²) in [5.41, 5.74) is 1.81. The van der Waals surface area contributed by atoms with Crippen molar-refractivity contribution in [3.05, 3.63) is 65.7 Å². The van der Waals surface area contributed by atoms with E-state index in [1.165, 1.54) is 0 Å². The number of hydrogen-bond acceptors (Lipinski definition) is 3. The van der Waals surface area contributed by atoms with E-state index in [4.69, 9.17) is 4.74 Å². The Morgan fingerprint density at radius 3 is 2.48 bits per heavy atom. The highest BCUT2D eigenvalue weighted by Crippen LogP contribution is 2.17. The molecule has 0 saturated carbocycles. The van der Waals surface area contributed by atoms with Crippen LogP contribution in [0, 0.1) is 0 Å². The molecule has 0 unspecified atom stereocenters. The van der Waals surface area contributed by atoms with E-state index in [2.05, 4.69) is 11.9 Å². The van der Waals surface area contributed by atoms with Gasteiger partial charge in [-0.05, 0) is 30.8 Å². The van der Waals surface area contributed by atoms with Gasteiger partial charge in [-0.2, -0.15) is 0 Å². The lowest BCUT2D eigenvalue weighted by molar-refractivity contribution is 0.0663. The molecule has 1 amide bonds. The molecular weight excluding hydrogens is 288 g/mol. The zero-order chi connectivity index (χ0) is 16.1. The van der Waals surface area contributed by atoms with Gasteiger partial charge in [0.1, 0.15) is 12.4 Å². The zero-order valence-electron chi connectivity index (χ0n) is 13.4. The molecule has 1 fully saturated rings. The van der Waals surface area contributed by atoms with Crippen LogP contribution in [0.15, 0.2) is 54.6 Å². The predicted molar refractivity (Wildman–Crippen MR) is 90.6 cm³/mol. The minimum Gasteiger partial charge on any atom is -0.489 e. The highest BCUT2D eigenvalue weighted by molar-refractivity contribution is 5.94. The van der Waals surface area contributed by atoms with Gasteiger partial charge in [-0.1, -0.05) is 36.4 Å². The number of carbonyl (C=O) groups is 1. The first-order valence-corrected chi connectivity index (χ1v) is 7.97. The van der Waals surface area contributed by atoms with Crippen molar-refractivity contribution in [1.29, 1.82) is 0 Å². The van der Waals surface area contributed by atoms with Gasteiger partial charge >= 0.3 is 0 Å². The van der Waals surface area contributed by atoms with Crippen LogP contribution in [0.4, 0.5) is 0 Å². The molecule has 2 aromatic carbocycles. The van der Waals surface area contributed by atoms with E-state index in [9.17, 15) is 4.79 Å². The predicted octanol–water partition coefficient (Wildman–Crippen LogP) is 2.65. The van der Waals surface area contributed by atoms with Crippen LogP contribution in [0.25, 0.3) is 0 Å². The number of carbonyl (C=O) groups excluding carboxylic acids is 1. The van der Waals surface area contributed by atoms with Crippen LogP contribution < -0.4 is 4.74 Å². The summed E-state index contributed by atoms with van der Waals surface area (Å²) < 4.78 is 5.81. The Morgan fingerprint density at radius 2 is 1.74 bits per heavy atom. The summed E-state index contributed by atoms with van der Waals surface area (Å²) >= 11 is 0. The van der Waals surface area contributed by atoms with Crippen LogP contribution >= 0.6 is 0 Å². The normalized spacial score (nSPS) is 15.4. The van der Waals surface area contributed by atoms with E-state index in [-0.39, 0.29) is 5.91 Å². The molecule has 0 aliphatic carbocycles. The fourth-order valence-corrected chi connectivity index (χ4v) is 2.65. The summed E-state index contributed by atoms with van der Waals surface area (Å²) in [6.45, 7) is 3.92. The van der Waals surface area contributed by atoms with Gasteiger partial charge in [-0.3, -0.25) is 4.79 Å². The van der Waals surface area contributed by atoms with Crippen LogP contribution in [0.1, 0.15) is 15.9 Å². The van der Waals surface area contributed by atoms with Gasteiger partial charge in [0.25, 0.3) is 5.91 Å². The molecule has 0 spiro atoms. The Kier molecular flexibility index (Phi) is 4.93. The fourth-order valence-electron chi connectivity index (χ4n) is 2.65. The average molecular weight is 310 g/mol. The Balaban J connectivity index is 1.64. The maximum atomic E-state index is 12.6. The molecule has 0 atom stereocenters. The standard InChI is InChI=1S/C19H22N2O2/c1-20-10-12-21(13-11-20)19(22)17-8-5-9-18(14-17)23-15-16-6-3-2-4-7-16/h2-9,14H,10-13,15H2,1H3. The van der Waals surface area contributed by atoms with Crippen LogP contribution in [-0.2, 0) is 6.61 Å². The van der Waals surface area contributed by atoms with Crippen molar-refractivity contribution in [3.63, 3.8) is 0 Å². The second-order valence-corrected chi connectivity index (χ2v) is 5.90. The van der Waals surface area contributed by atoms with Crippen LogP contribution in [-0.4, -0.2) is 48.9 Å². The molecule has 0 bridgehead atoms. The molecule has 120 valence electrons. The first kappa shape index (κ1) is 15.6. The van der Waals surface area contributed by atoms with Crippen molar-refractivity contribution in [2.75, 3.05) is 33.2 Å². The number of rotatable bonds is 4. The van der Waals surface area contributed by atoms with Crippen molar-refractivity contribution in [2.45, 2.75) is 6.61 Å². The lowest BCUT2D eigenvalue weighted by atomic mass is 10.1. The largest absolute Gasteiger partial charge is 0.489 e. The molecule has 1 heterocycles. The van der Waals surface area contributed by atoms with Gasteiger partial charge in [-0.15, -0.1) is 0 Å². The summed E-state index contributed by atoms with van der Waals surface area (Å²) in [7, 11) is 2.08. The molecule has 23 heavy (non-hydrogen) atoms. The number of ether oxygens (including phenoxy) is 1. The maximum absolute atomic E-state index is 12.6. The van der Waals surface area contributed by atoms with Crippen molar-refractivity contribution in [2.24, 2.45) is 0 Å². The molecule has 0 radical (unpaired) electrons. The second kappa shape index (κ2) is 7.29. The molecule has 0 aromatic heterocycles. The topological polar surface area (TPSA) is 32.8 Å².